The topological polar surface area (TPSA) is 68.9 Å². The lowest BCUT2D eigenvalue weighted by atomic mass is 10.3. The van der Waals surface area contributed by atoms with Crippen LogP contribution in [0.5, 0.6) is 0 Å². The van der Waals surface area contributed by atoms with Crippen LogP contribution in [0.1, 0.15) is 5.56 Å². The first-order chi connectivity index (χ1) is 7.13. The van der Waals surface area contributed by atoms with Crippen molar-refractivity contribution in [3.8, 4) is 6.07 Å². The average molecular weight is 213 g/mol. The maximum absolute atomic E-state index is 11.9. The summed E-state index contributed by atoms with van der Waals surface area (Å²) in [5, 5.41) is 19.9. The summed E-state index contributed by atoms with van der Waals surface area (Å²) in [6.07, 6.45) is -3.15. The lowest BCUT2D eigenvalue weighted by molar-refractivity contribution is 0.00381. The predicted octanol–water partition coefficient (Wildman–Crippen LogP) is 0.991. The fraction of sp³-hybridized carbons (Fsp3) is 0.333. The molecule has 15 heavy (non-hydrogen) atoms. The highest BCUT2D eigenvalue weighted by molar-refractivity contribution is 5.42. The molecule has 0 aliphatic carbocycles. The van der Waals surface area contributed by atoms with E-state index in [0.29, 0.717) is 5.56 Å². The third-order valence-corrected chi connectivity index (χ3v) is 1.67. The average Bonchev–Trinajstić information content (AvgIpc) is 2.26. The van der Waals surface area contributed by atoms with E-state index in [1.807, 2.05) is 6.07 Å². The number of alkyl halides is 2. The second-order valence-corrected chi connectivity index (χ2v) is 2.82. The Morgan fingerprint density at radius 1 is 1.60 bits per heavy atom. The quantitative estimate of drug-likeness (QED) is 0.782. The zero-order valence-corrected chi connectivity index (χ0v) is 7.69. The van der Waals surface area contributed by atoms with Gasteiger partial charge in [-0.1, -0.05) is 0 Å². The normalized spacial score (nSPS) is 12.2. The maximum atomic E-state index is 11.9. The smallest absolute Gasteiger partial charge is 0.265 e. The molecule has 0 saturated heterocycles. The second-order valence-electron chi connectivity index (χ2n) is 2.82. The number of aliphatic hydroxyl groups excluding tert-OH is 1. The van der Waals surface area contributed by atoms with E-state index in [-0.39, 0.29) is 12.4 Å². The van der Waals surface area contributed by atoms with Crippen LogP contribution in [0, 0.1) is 11.3 Å². The number of anilines is 1. The molecule has 80 valence electrons. The van der Waals surface area contributed by atoms with Gasteiger partial charge in [-0.2, -0.15) is 5.26 Å². The molecule has 6 heteroatoms. The van der Waals surface area contributed by atoms with Crippen LogP contribution in [0.15, 0.2) is 18.3 Å². The predicted molar refractivity (Wildman–Crippen MR) is 49.5 cm³/mol. The summed E-state index contributed by atoms with van der Waals surface area (Å²) in [5.41, 5.74) is 0.374. The first kappa shape index (κ1) is 11.3. The van der Waals surface area contributed by atoms with Crippen LogP contribution in [-0.4, -0.2) is 29.2 Å². The summed E-state index contributed by atoms with van der Waals surface area (Å²) in [6.45, 7) is -0.306. The highest BCUT2D eigenvalue weighted by atomic mass is 19.3. The van der Waals surface area contributed by atoms with E-state index in [1.165, 1.54) is 18.3 Å². The van der Waals surface area contributed by atoms with Gasteiger partial charge >= 0.3 is 0 Å². The molecule has 0 aliphatic heterocycles. The van der Waals surface area contributed by atoms with Crippen molar-refractivity contribution in [2.45, 2.75) is 12.5 Å². The van der Waals surface area contributed by atoms with Gasteiger partial charge in [-0.25, -0.2) is 13.8 Å². The van der Waals surface area contributed by atoms with Crippen LogP contribution in [0.2, 0.25) is 0 Å². The summed E-state index contributed by atoms with van der Waals surface area (Å²) in [4.78, 5) is 3.80. The SMILES string of the molecule is N#Cc1ccnc(NCC(O)C(F)F)c1. The van der Waals surface area contributed by atoms with Crippen LogP contribution in [0.4, 0.5) is 14.6 Å². The molecule has 0 radical (unpaired) electrons. The summed E-state index contributed by atoms with van der Waals surface area (Å²) < 4.78 is 23.8. The van der Waals surface area contributed by atoms with E-state index in [0.717, 1.165) is 0 Å². The van der Waals surface area contributed by atoms with Crippen molar-refractivity contribution in [3.05, 3.63) is 23.9 Å². The van der Waals surface area contributed by atoms with Gasteiger partial charge in [0.1, 0.15) is 11.9 Å². The molecule has 1 rings (SSSR count). The molecule has 0 aromatic carbocycles. The van der Waals surface area contributed by atoms with Crippen molar-refractivity contribution in [1.29, 1.82) is 5.26 Å². The van der Waals surface area contributed by atoms with Gasteiger partial charge in [-0.15, -0.1) is 0 Å². The molecule has 0 amide bonds. The third-order valence-electron chi connectivity index (χ3n) is 1.67. The van der Waals surface area contributed by atoms with Crippen molar-refractivity contribution >= 4 is 5.82 Å². The minimum Gasteiger partial charge on any atom is -0.385 e. The van der Waals surface area contributed by atoms with Crippen LogP contribution < -0.4 is 5.32 Å². The summed E-state index contributed by atoms with van der Waals surface area (Å²) >= 11 is 0. The van der Waals surface area contributed by atoms with E-state index >= 15 is 0 Å². The largest absolute Gasteiger partial charge is 0.385 e. The molecule has 0 spiro atoms. The number of pyridine rings is 1. The van der Waals surface area contributed by atoms with Gasteiger partial charge in [-0.05, 0) is 12.1 Å². The third kappa shape index (κ3) is 3.48. The molecule has 0 fully saturated rings. The highest BCUT2D eigenvalue weighted by Crippen LogP contribution is 2.07. The van der Waals surface area contributed by atoms with Crippen LogP contribution >= 0.6 is 0 Å². The van der Waals surface area contributed by atoms with Gasteiger partial charge in [0.2, 0.25) is 0 Å². The van der Waals surface area contributed by atoms with Crippen molar-refractivity contribution < 1.29 is 13.9 Å². The molecule has 1 heterocycles. The minimum absolute atomic E-state index is 0.286. The van der Waals surface area contributed by atoms with Crippen LogP contribution in [0.25, 0.3) is 0 Å². The molecule has 0 bridgehead atoms. The van der Waals surface area contributed by atoms with Crippen molar-refractivity contribution in [2.75, 3.05) is 11.9 Å². The molecule has 1 atom stereocenters. The molecule has 1 aromatic heterocycles. The van der Waals surface area contributed by atoms with Crippen LogP contribution in [0.3, 0.4) is 0 Å². The van der Waals surface area contributed by atoms with Gasteiger partial charge < -0.3 is 10.4 Å². The van der Waals surface area contributed by atoms with Gasteiger partial charge in [0, 0.05) is 12.7 Å². The molecule has 4 nitrogen and oxygen atoms in total. The number of hydrogen-bond donors (Lipinski definition) is 2. The van der Waals surface area contributed by atoms with Crippen molar-refractivity contribution in [1.82, 2.24) is 4.98 Å². The number of aliphatic hydroxyl groups is 1. The Morgan fingerprint density at radius 2 is 2.33 bits per heavy atom. The molecule has 0 saturated carbocycles. The summed E-state index contributed by atoms with van der Waals surface area (Å²) in [5.74, 6) is 0.286. The fourth-order valence-electron chi connectivity index (χ4n) is 0.895. The first-order valence-corrected chi connectivity index (χ1v) is 4.19. The van der Waals surface area contributed by atoms with Gasteiger partial charge in [0.05, 0.1) is 11.6 Å². The summed E-state index contributed by atoms with van der Waals surface area (Å²) in [7, 11) is 0. The first-order valence-electron chi connectivity index (χ1n) is 4.19. The lowest BCUT2D eigenvalue weighted by Crippen LogP contribution is -2.27. The van der Waals surface area contributed by atoms with Crippen LogP contribution in [-0.2, 0) is 0 Å². The number of hydrogen-bond acceptors (Lipinski definition) is 4. The number of nitriles is 1. The Kier molecular flexibility index (Phi) is 3.94. The van der Waals surface area contributed by atoms with E-state index in [4.69, 9.17) is 10.4 Å². The molecule has 0 aliphatic rings. The van der Waals surface area contributed by atoms with E-state index in [9.17, 15) is 8.78 Å². The Bertz CT molecular complexity index is 365. The second kappa shape index (κ2) is 5.22. The van der Waals surface area contributed by atoms with Gasteiger partial charge in [-0.3, -0.25) is 0 Å². The number of nitrogens with one attached hydrogen (secondary N) is 1. The van der Waals surface area contributed by atoms with E-state index in [1.54, 1.807) is 0 Å². The lowest BCUT2D eigenvalue weighted by Gasteiger charge is -2.10. The number of aromatic nitrogens is 1. The Balaban J connectivity index is 2.55. The Morgan fingerprint density at radius 3 is 2.93 bits per heavy atom. The zero-order valence-electron chi connectivity index (χ0n) is 7.69. The van der Waals surface area contributed by atoms with Crippen molar-refractivity contribution in [3.63, 3.8) is 0 Å². The molecule has 1 unspecified atom stereocenters. The number of nitrogens with zero attached hydrogens (tertiary/aromatic N) is 2. The Labute approximate surface area is 85.2 Å². The zero-order chi connectivity index (χ0) is 11.3. The van der Waals surface area contributed by atoms with Gasteiger partial charge in [0.15, 0.2) is 0 Å². The summed E-state index contributed by atoms with van der Waals surface area (Å²) in [6, 6.07) is 4.80. The van der Waals surface area contributed by atoms with Gasteiger partial charge in [0.25, 0.3) is 6.43 Å². The molecule has 2 N–H and O–H groups in total. The Hall–Kier alpha value is -1.74. The molecular formula is C9H9F2N3O. The van der Waals surface area contributed by atoms with Crippen molar-refractivity contribution in [2.24, 2.45) is 0 Å². The van der Waals surface area contributed by atoms with E-state index < -0.39 is 12.5 Å². The highest BCUT2D eigenvalue weighted by Gasteiger charge is 2.16. The molecule has 1 aromatic rings. The van der Waals surface area contributed by atoms with E-state index in [2.05, 4.69) is 10.3 Å². The number of rotatable bonds is 4. The maximum Gasteiger partial charge on any atom is 0.265 e. The molecular weight excluding hydrogens is 204 g/mol. The minimum atomic E-state index is -2.79. The standard InChI is InChI=1S/C9H9F2N3O/c10-9(11)7(15)5-14-8-3-6(4-12)1-2-13-8/h1-3,7,9,15H,5H2,(H,13,14). The monoisotopic (exact) mass is 213 g/mol. The fourth-order valence-corrected chi connectivity index (χ4v) is 0.895. The number of halogens is 2.